The van der Waals surface area contributed by atoms with Crippen LogP contribution in [0.2, 0.25) is 0 Å². The van der Waals surface area contributed by atoms with Crippen molar-refractivity contribution in [3.8, 4) is 0 Å². The maximum Gasteiger partial charge on any atom is 0.271 e. The van der Waals surface area contributed by atoms with Crippen molar-refractivity contribution in [3.63, 3.8) is 0 Å². The van der Waals surface area contributed by atoms with Crippen molar-refractivity contribution >= 4 is 22.8 Å². The molecule has 0 aliphatic carbocycles. The summed E-state index contributed by atoms with van der Waals surface area (Å²) in [5.74, 6) is -0.421. The maximum atomic E-state index is 12.0. The number of hydrogen-bond acceptors (Lipinski definition) is 4. The van der Waals surface area contributed by atoms with Crippen molar-refractivity contribution in [2.45, 2.75) is 12.8 Å². The lowest BCUT2D eigenvalue weighted by atomic mass is 10.3. The number of carbonyl (C=O) groups excluding carboxylic acids is 2. The molecular formula is C15H16N4O2. The number of nitrogens with zero attached hydrogens (tertiary/aromatic N) is 3. The molecule has 1 saturated heterocycles. The lowest BCUT2D eigenvalue weighted by Gasteiger charge is -2.15. The molecule has 0 bridgehead atoms. The molecule has 21 heavy (non-hydrogen) atoms. The van der Waals surface area contributed by atoms with Gasteiger partial charge in [0, 0.05) is 13.1 Å². The van der Waals surface area contributed by atoms with Crippen LogP contribution in [-0.2, 0) is 4.79 Å². The topological polar surface area (TPSA) is 75.2 Å². The Kier molecular flexibility index (Phi) is 3.77. The third-order valence-electron chi connectivity index (χ3n) is 3.54. The summed E-state index contributed by atoms with van der Waals surface area (Å²) >= 11 is 0. The van der Waals surface area contributed by atoms with E-state index in [1.165, 1.54) is 6.20 Å². The first kappa shape index (κ1) is 13.5. The molecule has 6 heteroatoms. The molecule has 1 aromatic heterocycles. The van der Waals surface area contributed by atoms with Gasteiger partial charge in [-0.3, -0.25) is 14.6 Å². The van der Waals surface area contributed by atoms with Gasteiger partial charge in [-0.25, -0.2) is 4.98 Å². The minimum atomic E-state index is -0.374. The number of carbonyl (C=O) groups is 2. The zero-order valence-corrected chi connectivity index (χ0v) is 11.6. The Morgan fingerprint density at radius 2 is 1.86 bits per heavy atom. The number of para-hydroxylation sites is 2. The van der Waals surface area contributed by atoms with Crippen LogP contribution in [0.5, 0.6) is 0 Å². The second-order valence-electron chi connectivity index (χ2n) is 5.01. The Labute approximate surface area is 122 Å². The Hall–Kier alpha value is -2.50. The van der Waals surface area contributed by atoms with Crippen LogP contribution >= 0.6 is 0 Å². The van der Waals surface area contributed by atoms with Gasteiger partial charge in [-0.15, -0.1) is 0 Å². The highest BCUT2D eigenvalue weighted by Crippen LogP contribution is 2.09. The number of amides is 2. The van der Waals surface area contributed by atoms with Crippen LogP contribution in [0.3, 0.4) is 0 Å². The Morgan fingerprint density at radius 3 is 2.62 bits per heavy atom. The number of fused-ring (bicyclic) bond motifs is 1. The summed E-state index contributed by atoms with van der Waals surface area (Å²) in [5.41, 5.74) is 1.63. The molecule has 1 aliphatic heterocycles. The van der Waals surface area contributed by atoms with Gasteiger partial charge in [0.25, 0.3) is 5.91 Å². The first-order valence-corrected chi connectivity index (χ1v) is 7.02. The van der Waals surface area contributed by atoms with Crippen molar-refractivity contribution < 1.29 is 9.59 Å². The van der Waals surface area contributed by atoms with E-state index in [1.807, 2.05) is 18.2 Å². The fourth-order valence-corrected chi connectivity index (χ4v) is 2.39. The lowest BCUT2D eigenvalue weighted by molar-refractivity contribution is -0.129. The molecule has 2 amide bonds. The van der Waals surface area contributed by atoms with Crippen LogP contribution in [0, 0.1) is 0 Å². The van der Waals surface area contributed by atoms with Gasteiger partial charge in [0.2, 0.25) is 5.91 Å². The summed E-state index contributed by atoms with van der Waals surface area (Å²) in [5, 5.41) is 2.61. The van der Waals surface area contributed by atoms with E-state index < -0.39 is 0 Å². The lowest BCUT2D eigenvalue weighted by Crippen LogP contribution is -2.38. The third-order valence-corrected chi connectivity index (χ3v) is 3.54. The van der Waals surface area contributed by atoms with E-state index in [0.29, 0.717) is 5.52 Å². The van der Waals surface area contributed by atoms with Gasteiger partial charge < -0.3 is 10.2 Å². The van der Waals surface area contributed by atoms with Gasteiger partial charge in [-0.05, 0) is 25.0 Å². The monoisotopic (exact) mass is 284 g/mol. The van der Waals surface area contributed by atoms with Crippen molar-refractivity contribution in [3.05, 3.63) is 36.2 Å². The number of nitrogens with one attached hydrogen (secondary N) is 1. The highest BCUT2D eigenvalue weighted by Gasteiger charge is 2.18. The van der Waals surface area contributed by atoms with Crippen LogP contribution in [0.1, 0.15) is 23.3 Å². The van der Waals surface area contributed by atoms with Crippen LogP contribution < -0.4 is 5.32 Å². The molecule has 1 aliphatic rings. The summed E-state index contributed by atoms with van der Waals surface area (Å²) in [7, 11) is 0. The largest absolute Gasteiger partial charge is 0.342 e. The van der Waals surface area contributed by atoms with Gasteiger partial charge in [-0.1, -0.05) is 12.1 Å². The quantitative estimate of drug-likeness (QED) is 0.911. The molecular weight excluding hydrogens is 268 g/mol. The maximum absolute atomic E-state index is 12.0. The molecule has 0 spiro atoms. The minimum Gasteiger partial charge on any atom is -0.342 e. The Balaban J connectivity index is 1.64. The van der Waals surface area contributed by atoms with Crippen LogP contribution in [-0.4, -0.2) is 46.3 Å². The van der Waals surface area contributed by atoms with Gasteiger partial charge >= 0.3 is 0 Å². The Morgan fingerprint density at radius 1 is 1.14 bits per heavy atom. The van der Waals surface area contributed by atoms with Crippen molar-refractivity contribution in [2.24, 2.45) is 0 Å². The molecule has 0 radical (unpaired) electrons. The first-order chi connectivity index (χ1) is 10.2. The fraction of sp³-hybridized carbons (Fsp3) is 0.333. The molecule has 6 nitrogen and oxygen atoms in total. The zero-order chi connectivity index (χ0) is 14.7. The molecule has 2 aromatic rings. The van der Waals surface area contributed by atoms with Crippen molar-refractivity contribution in [2.75, 3.05) is 19.6 Å². The second kappa shape index (κ2) is 5.87. The molecule has 3 rings (SSSR count). The van der Waals surface area contributed by atoms with Gasteiger partial charge in [0.05, 0.1) is 23.8 Å². The summed E-state index contributed by atoms with van der Waals surface area (Å²) < 4.78 is 0. The van der Waals surface area contributed by atoms with Gasteiger partial charge in [0.15, 0.2) is 0 Å². The summed E-state index contributed by atoms with van der Waals surface area (Å²) in [4.78, 5) is 34.1. The van der Waals surface area contributed by atoms with E-state index in [-0.39, 0.29) is 24.1 Å². The summed E-state index contributed by atoms with van der Waals surface area (Å²) in [6.45, 7) is 1.57. The molecule has 1 fully saturated rings. The molecule has 0 atom stereocenters. The van der Waals surface area contributed by atoms with E-state index in [4.69, 9.17) is 0 Å². The highest BCUT2D eigenvalue weighted by molar-refractivity contribution is 5.96. The van der Waals surface area contributed by atoms with Crippen LogP contribution in [0.25, 0.3) is 11.0 Å². The van der Waals surface area contributed by atoms with E-state index in [9.17, 15) is 9.59 Å². The smallest absolute Gasteiger partial charge is 0.271 e. The number of hydrogen-bond donors (Lipinski definition) is 1. The van der Waals surface area contributed by atoms with Crippen LogP contribution in [0.15, 0.2) is 30.5 Å². The van der Waals surface area contributed by atoms with Gasteiger partial charge in [0.1, 0.15) is 5.69 Å². The van der Waals surface area contributed by atoms with E-state index in [2.05, 4.69) is 15.3 Å². The number of rotatable bonds is 3. The van der Waals surface area contributed by atoms with E-state index >= 15 is 0 Å². The Bertz CT molecular complexity index is 680. The SMILES string of the molecule is O=C(NCC(=O)N1CCCC1)c1cnc2ccccc2n1. The number of aromatic nitrogens is 2. The summed E-state index contributed by atoms with van der Waals surface area (Å²) in [6.07, 6.45) is 3.50. The normalized spacial score (nSPS) is 14.4. The second-order valence-corrected chi connectivity index (χ2v) is 5.01. The molecule has 1 aromatic carbocycles. The average Bonchev–Trinajstić information content (AvgIpc) is 3.06. The number of benzene rings is 1. The van der Waals surface area contributed by atoms with Crippen molar-refractivity contribution in [1.82, 2.24) is 20.2 Å². The predicted octanol–water partition coefficient (Wildman–Crippen LogP) is 0.982. The van der Waals surface area contributed by atoms with Crippen molar-refractivity contribution in [1.29, 1.82) is 0 Å². The standard InChI is InChI=1S/C15H16N4O2/c20-14(19-7-3-4-8-19)10-17-15(21)13-9-16-11-5-1-2-6-12(11)18-13/h1-2,5-6,9H,3-4,7-8,10H2,(H,17,21). The zero-order valence-electron chi connectivity index (χ0n) is 11.6. The predicted molar refractivity (Wildman–Crippen MR) is 77.7 cm³/mol. The molecule has 108 valence electrons. The highest BCUT2D eigenvalue weighted by atomic mass is 16.2. The van der Waals surface area contributed by atoms with E-state index in [0.717, 1.165) is 31.4 Å². The molecule has 0 saturated carbocycles. The third kappa shape index (κ3) is 2.99. The van der Waals surface area contributed by atoms with E-state index in [1.54, 1.807) is 11.0 Å². The average molecular weight is 284 g/mol. The molecule has 2 heterocycles. The van der Waals surface area contributed by atoms with Crippen LogP contribution in [0.4, 0.5) is 0 Å². The minimum absolute atomic E-state index is 0.00728. The first-order valence-electron chi connectivity index (χ1n) is 7.02. The molecule has 0 unspecified atom stereocenters. The van der Waals surface area contributed by atoms with Gasteiger partial charge in [-0.2, -0.15) is 0 Å². The number of likely N-dealkylation sites (tertiary alicyclic amines) is 1. The molecule has 1 N–H and O–H groups in total. The fourth-order valence-electron chi connectivity index (χ4n) is 2.39. The summed E-state index contributed by atoms with van der Waals surface area (Å²) in [6, 6.07) is 7.34.